The summed E-state index contributed by atoms with van der Waals surface area (Å²) < 4.78 is 32.4. The summed E-state index contributed by atoms with van der Waals surface area (Å²) in [6.45, 7) is 8.54. The number of allylic oxidation sites excluding steroid dienone is 1. The van der Waals surface area contributed by atoms with Crippen molar-refractivity contribution in [2.75, 3.05) is 19.5 Å². The van der Waals surface area contributed by atoms with E-state index in [-0.39, 0.29) is 5.75 Å². The molecule has 0 amide bonds. The molecule has 0 unspecified atom stereocenters. The summed E-state index contributed by atoms with van der Waals surface area (Å²) >= 11 is 0. The van der Waals surface area contributed by atoms with Gasteiger partial charge in [0.2, 0.25) is 0 Å². The van der Waals surface area contributed by atoms with Gasteiger partial charge in [0, 0.05) is 30.8 Å². The first kappa shape index (κ1) is 17.5. The van der Waals surface area contributed by atoms with Gasteiger partial charge >= 0.3 is 0 Å². The highest BCUT2D eigenvalue weighted by molar-refractivity contribution is 7.91. The van der Waals surface area contributed by atoms with Gasteiger partial charge < -0.3 is 9.30 Å². The number of sulfone groups is 1. The Bertz CT molecular complexity index is 844. The molecule has 0 aliphatic rings. The first-order chi connectivity index (χ1) is 10.9. The molecular weight excluding hydrogens is 310 g/mol. The van der Waals surface area contributed by atoms with Crippen LogP contribution in [0.2, 0.25) is 0 Å². The predicted molar refractivity (Wildman–Crippen MR) is 94.4 cm³/mol. The fraction of sp³-hybridized carbons (Fsp3) is 0.333. The molecule has 0 fully saturated rings. The van der Waals surface area contributed by atoms with Gasteiger partial charge in [-0.2, -0.15) is 0 Å². The molecule has 124 valence electrons. The Hall–Kier alpha value is -1.85. The van der Waals surface area contributed by atoms with Crippen LogP contribution in [0.3, 0.4) is 0 Å². The van der Waals surface area contributed by atoms with Gasteiger partial charge in [-0.05, 0) is 25.5 Å². The van der Waals surface area contributed by atoms with Crippen molar-refractivity contribution in [2.24, 2.45) is 0 Å². The van der Waals surface area contributed by atoms with E-state index in [0.29, 0.717) is 23.6 Å². The van der Waals surface area contributed by atoms with Gasteiger partial charge in [-0.3, -0.25) is 0 Å². The number of aromatic nitrogens is 1. The first-order valence-electron chi connectivity index (χ1n) is 7.47. The molecule has 0 bridgehead atoms. The Kier molecular flexibility index (Phi) is 5.44. The topological polar surface area (TPSA) is 48.3 Å². The number of nitrogens with zero attached hydrogens (tertiary/aromatic N) is 1. The molecule has 1 aromatic carbocycles. The van der Waals surface area contributed by atoms with Crippen LogP contribution in [0.15, 0.2) is 59.2 Å². The van der Waals surface area contributed by atoms with Gasteiger partial charge in [-0.15, -0.1) is 0 Å². The average molecular weight is 333 g/mol. The number of rotatable bonds is 7. The molecular formula is C18H23NO3S. The highest BCUT2D eigenvalue weighted by Gasteiger charge is 2.21. The molecule has 0 N–H and O–H groups in total. The molecule has 0 radical (unpaired) electrons. The number of para-hydroxylation sites is 1. The summed E-state index contributed by atoms with van der Waals surface area (Å²) in [4.78, 5) is 0.365. The summed E-state index contributed by atoms with van der Waals surface area (Å²) in [6, 6.07) is 7.57. The fourth-order valence-corrected chi connectivity index (χ4v) is 4.22. The van der Waals surface area contributed by atoms with E-state index in [9.17, 15) is 8.42 Å². The van der Waals surface area contributed by atoms with Crippen molar-refractivity contribution >= 4 is 20.7 Å². The third-order valence-electron chi connectivity index (χ3n) is 3.63. The van der Waals surface area contributed by atoms with Gasteiger partial charge in [0.05, 0.1) is 17.3 Å². The smallest absolute Gasteiger partial charge is 0.184 e. The van der Waals surface area contributed by atoms with Crippen LogP contribution in [0.25, 0.3) is 10.9 Å². The van der Waals surface area contributed by atoms with Gasteiger partial charge in [0.1, 0.15) is 0 Å². The second kappa shape index (κ2) is 7.15. The van der Waals surface area contributed by atoms with Crippen LogP contribution in [0.1, 0.15) is 13.8 Å². The lowest BCUT2D eigenvalue weighted by Crippen LogP contribution is -2.07. The Morgan fingerprint density at radius 2 is 2.04 bits per heavy atom. The first-order valence-corrected chi connectivity index (χ1v) is 9.12. The standard InChI is InChI=1S/C18H23NO3S/c1-5-15(12-22-4)10-19-11-18(23(20,21)13-14(2)3)16-8-6-7-9-17(16)19/h5-9,11H,2,10,12-13H2,1,3-4H3. The van der Waals surface area contributed by atoms with Crippen LogP contribution in [-0.2, 0) is 21.1 Å². The third kappa shape index (κ3) is 3.92. The maximum Gasteiger partial charge on any atom is 0.184 e. The van der Waals surface area contributed by atoms with Crippen LogP contribution >= 0.6 is 0 Å². The van der Waals surface area contributed by atoms with E-state index >= 15 is 0 Å². The average Bonchev–Trinajstić information content (AvgIpc) is 2.85. The van der Waals surface area contributed by atoms with Crippen molar-refractivity contribution in [3.05, 3.63) is 54.3 Å². The van der Waals surface area contributed by atoms with Crippen molar-refractivity contribution < 1.29 is 13.2 Å². The zero-order chi connectivity index (χ0) is 17.0. The Labute approximate surface area is 138 Å². The van der Waals surface area contributed by atoms with E-state index in [0.717, 1.165) is 16.5 Å². The van der Waals surface area contributed by atoms with Crippen LogP contribution in [0, 0.1) is 0 Å². The summed E-state index contributed by atoms with van der Waals surface area (Å²) in [5.74, 6) is -0.0322. The molecule has 1 heterocycles. The van der Waals surface area contributed by atoms with Gasteiger partial charge in [0.15, 0.2) is 9.84 Å². The zero-order valence-electron chi connectivity index (χ0n) is 13.9. The molecule has 0 aliphatic heterocycles. The van der Waals surface area contributed by atoms with E-state index in [2.05, 4.69) is 6.58 Å². The molecule has 23 heavy (non-hydrogen) atoms. The van der Waals surface area contributed by atoms with E-state index in [4.69, 9.17) is 4.74 Å². The Morgan fingerprint density at radius 3 is 2.65 bits per heavy atom. The second-order valence-corrected chi connectivity index (χ2v) is 7.69. The van der Waals surface area contributed by atoms with Crippen molar-refractivity contribution in [1.82, 2.24) is 4.57 Å². The Morgan fingerprint density at radius 1 is 1.35 bits per heavy atom. The van der Waals surface area contributed by atoms with Gasteiger partial charge in [-0.25, -0.2) is 8.42 Å². The third-order valence-corrected chi connectivity index (χ3v) is 5.50. The molecule has 0 aliphatic carbocycles. The number of ether oxygens (including phenoxy) is 1. The quantitative estimate of drug-likeness (QED) is 0.728. The number of fused-ring (bicyclic) bond motifs is 1. The van der Waals surface area contributed by atoms with Crippen LogP contribution in [0.5, 0.6) is 0 Å². The van der Waals surface area contributed by atoms with Crippen LogP contribution < -0.4 is 0 Å². The lowest BCUT2D eigenvalue weighted by molar-refractivity contribution is 0.222. The van der Waals surface area contributed by atoms with E-state index in [1.165, 1.54) is 0 Å². The maximum atomic E-state index is 12.6. The van der Waals surface area contributed by atoms with Crippen LogP contribution in [0.4, 0.5) is 0 Å². The molecule has 2 rings (SSSR count). The predicted octanol–water partition coefficient (Wildman–Crippen LogP) is 3.58. The van der Waals surface area contributed by atoms with E-state index in [1.807, 2.05) is 41.8 Å². The minimum Gasteiger partial charge on any atom is -0.380 e. The van der Waals surface area contributed by atoms with E-state index < -0.39 is 9.84 Å². The number of methoxy groups -OCH3 is 1. The van der Waals surface area contributed by atoms with Gasteiger partial charge in [0.25, 0.3) is 0 Å². The summed E-state index contributed by atoms with van der Waals surface area (Å²) in [7, 11) is -1.74. The molecule has 1 aromatic heterocycles. The minimum atomic E-state index is -3.39. The SMILES string of the molecule is C=C(C)CS(=O)(=O)c1cn(CC(=CC)COC)c2ccccc12. The molecule has 0 saturated heterocycles. The molecule has 0 spiro atoms. The van der Waals surface area contributed by atoms with Crippen molar-refractivity contribution in [2.45, 2.75) is 25.3 Å². The monoisotopic (exact) mass is 333 g/mol. The molecule has 0 atom stereocenters. The second-order valence-electron chi connectivity index (χ2n) is 5.73. The molecule has 5 heteroatoms. The zero-order valence-corrected chi connectivity index (χ0v) is 14.7. The summed E-state index contributed by atoms with van der Waals surface area (Å²) in [5.41, 5.74) is 2.63. The lowest BCUT2D eigenvalue weighted by Gasteiger charge is -2.08. The lowest BCUT2D eigenvalue weighted by atomic mass is 10.2. The molecule has 4 nitrogen and oxygen atoms in total. The minimum absolute atomic E-state index is 0.0322. The highest BCUT2D eigenvalue weighted by atomic mass is 32.2. The van der Waals surface area contributed by atoms with Gasteiger partial charge in [-0.1, -0.05) is 36.4 Å². The normalized spacial score (nSPS) is 12.7. The van der Waals surface area contributed by atoms with Crippen LogP contribution in [-0.4, -0.2) is 32.5 Å². The molecule has 2 aromatic rings. The Balaban J connectivity index is 2.55. The van der Waals surface area contributed by atoms with Crippen molar-refractivity contribution in [3.63, 3.8) is 0 Å². The van der Waals surface area contributed by atoms with E-state index in [1.54, 1.807) is 20.2 Å². The fourth-order valence-electron chi connectivity index (χ4n) is 2.62. The summed E-state index contributed by atoms with van der Waals surface area (Å²) in [6.07, 6.45) is 3.72. The summed E-state index contributed by atoms with van der Waals surface area (Å²) in [5, 5.41) is 0.751. The largest absolute Gasteiger partial charge is 0.380 e. The van der Waals surface area contributed by atoms with Crippen molar-refractivity contribution in [3.8, 4) is 0 Å². The number of benzene rings is 1. The number of hydrogen-bond acceptors (Lipinski definition) is 3. The molecule has 0 saturated carbocycles. The highest BCUT2D eigenvalue weighted by Crippen LogP contribution is 2.27. The maximum absolute atomic E-state index is 12.6. The number of hydrogen-bond donors (Lipinski definition) is 0. The van der Waals surface area contributed by atoms with Crippen molar-refractivity contribution in [1.29, 1.82) is 0 Å².